The number of nitro groups is 1. The molecule has 0 aliphatic rings. The van der Waals surface area contributed by atoms with Crippen LogP contribution < -0.4 is 5.73 Å². The van der Waals surface area contributed by atoms with E-state index in [9.17, 15) is 10.1 Å². The average Bonchev–Trinajstić information content (AvgIpc) is 1.99. The standard InChI is InChI=1S/C7H7ClN2O2/c1-4-6(8)2-5(10(11)12)3-7(4)9/h2-3H,9H2,1H3. The van der Waals surface area contributed by atoms with Crippen LogP contribution in [0.5, 0.6) is 0 Å². The maximum Gasteiger partial charge on any atom is 0.272 e. The molecule has 0 spiro atoms. The number of hydrogen-bond donors (Lipinski definition) is 1. The zero-order chi connectivity index (χ0) is 9.30. The molecule has 0 bridgehead atoms. The first-order valence-electron chi connectivity index (χ1n) is 3.22. The molecule has 0 unspecified atom stereocenters. The fourth-order valence-electron chi connectivity index (χ4n) is 0.791. The Labute approximate surface area is 74.1 Å². The molecule has 0 radical (unpaired) electrons. The van der Waals surface area contributed by atoms with Gasteiger partial charge in [-0.25, -0.2) is 0 Å². The van der Waals surface area contributed by atoms with Crippen molar-refractivity contribution >= 4 is 23.0 Å². The summed E-state index contributed by atoms with van der Waals surface area (Å²) in [4.78, 5) is 9.78. The van der Waals surface area contributed by atoms with E-state index >= 15 is 0 Å². The van der Waals surface area contributed by atoms with E-state index < -0.39 is 4.92 Å². The molecular weight excluding hydrogens is 180 g/mol. The largest absolute Gasteiger partial charge is 0.398 e. The minimum atomic E-state index is -0.526. The fourth-order valence-corrected chi connectivity index (χ4v) is 1.01. The van der Waals surface area contributed by atoms with Crippen LogP contribution in [-0.4, -0.2) is 4.92 Å². The van der Waals surface area contributed by atoms with Gasteiger partial charge < -0.3 is 5.73 Å². The third-order valence-electron chi connectivity index (χ3n) is 1.58. The molecule has 0 saturated carbocycles. The molecule has 5 heteroatoms. The summed E-state index contributed by atoms with van der Waals surface area (Å²) in [6.45, 7) is 1.71. The Hall–Kier alpha value is -1.29. The second-order valence-electron chi connectivity index (χ2n) is 2.40. The highest BCUT2D eigenvalue weighted by molar-refractivity contribution is 6.31. The topological polar surface area (TPSA) is 69.2 Å². The fraction of sp³-hybridized carbons (Fsp3) is 0.143. The van der Waals surface area contributed by atoms with Gasteiger partial charge >= 0.3 is 0 Å². The molecular formula is C7H7ClN2O2. The van der Waals surface area contributed by atoms with Gasteiger partial charge in [-0.3, -0.25) is 10.1 Å². The summed E-state index contributed by atoms with van der Waals surface area (Å²) in [6.07, 6.45) is 0. The smallest absolute Gasteiger partial charge is 0.272 e. The molecule has 1 aromatic carbocycles. The second-order valence-corrected chi connectivity index (χ2v) is 2.81. The van der Waals surface area contributed by atoms with Crippen molar-refractivity contribution in [2.45, 2.75) is 6.92 Å². The van der Waals surface area contributed by atoms with Crippen LogP contribution >= 0.6 is 11.6 Å². The Bertz CT molecular complexity index is 315. The third kappa shape index (κ3) is 1.48. The number of halogens is 1. The van der Waals surface area contributed by atoms with Crippen molar-refractivity contribution in [3.05, 3.63) is 32.8 Å². The van der Waals surface area contributed by atoms with Gasteiger partial charge in [0.25, 0.3) is 5.69 Å². The molecule has 0 atom stereocenters. The third-order valence-corrected chi connectivity index (χ3v) is 1.97. The van der Waals surface area contributed by atoms with Crippen molar-refractivity contribution in [2.24, 2.45) is 0 Å². The van der Waals surface area contributed by atoms with E-state index in [4.69, 9.17) is 17.3 Å². The summed E-state index contributed by atoms with van der Waals surface area (Å²) < 4.78 is 0. The van der Waals surface area contributed by atoms with Crippen molar-refractivity contribution in [1.29, 1.82) is 0 Å². The first kappa shape index (κ1) is 8.80. The van der Waals surface area contributed by atoms with Crippen LogP contribution in [0.4, 0.5) is 11.4 Å². The quantitative estimate of drug-likeness (QED) is 0.415. The van der Waals surface area contributed by atoms with Crippen molar-refractivity contribution in [1.82, 2.24) is 0 Å². The summed E-state index contributed by atoms with van der Waals surface area (Å²) in [5, 5.41) is 10.6. The summed E-state index contributed by atoms with van der Waals surface area (Å²) >= 11 is 5.68. The minimum absolute atomic E-state index is 0.0805. The first-order chi connectivity index (χ1) is 5.52. The van der Waals surface area contributed by atoms with E-state index in [1.807, 2.05) is 0 Å². The molecule has 0 aliphatic heterocycles. The van der Waals surface area contributed by atoms with Gasteiger partial charge in [0.15, 0.2) is 0 Å². The normalized spacial score (nSPS) is 9.83. The molecule has 0 fully saturated rings. The van der Waals surface area contributed by atoms with Crippen molar-refractivity contribution in [3.63, 3.8) is 0 Å². The van der Waals surface area contributed by atoms with Crippen LogP contribution in [0.25, 0.3) is 0 Å². The first-order valence-corrected chi connectivity index (χ1v) is 3.60. The number of benzene rings is 1. The zero-order valence-electron chi connectivity index (χ0n) is 6.37. The zero-order valence-corrected chi connectivity index (χ0v) is 7.13. The van der Waals surface area contributed by atoms with Crippen LogP contribution in [0.3, 0.4) is 0 Å². The van der Waals surface area contributed by atoms with Crippen molar-refractivity contribution in [2.75, 3.05) is 5.73 Å². The summed E-state index contributed by atoms with van der Waals surface area (Å²) in [6, 6.07) is 2.58. The molecule has 2 N–H and O–H groups in total. The number of nitrogen functional groups attached to an aromatic ring is 1. The number of rotatable bonds is 1. The Morgan fingerprint density at radius 1 is 1.58 bits per heavy atom. The molecule has 1 rings (SSSR count). The maximum atomic E-state index is 10.3. The highest BCUT2D eigenvalue weighted by atomic mass is 35.5. The number of nitrogens with zero attached hydrogens (tertiary/aromatic N) is 1. The maximum absolute atomic E-state index is 10.3. The summed E-state index contributed by atoms with van der Waals surface area (Å²) in [5.41, 5.74) is 6.40. The summed E-state index contributed by atoms with van der Waals surface area (Å²) in [5.74, 6) is 0. The van der Waals surface area contributed by atoms with Crippen molar-refractivity contribution in [3.8, 4) is 0 Å². The lowest BCUT2D eigenvalue weighted by Gasteiger charge is -2.01. The van der Waals surface area contributed by atoms with E-state index in [0.29, 0.717) is 16.3 Å². The number of hydrogen-bond acceptors (Lipinski definition) is 3. The lowest BCUT2D eigenvalue weighted by Crippen LogP contribution is -1.94. The Morgan fingerprint density at radius 2 is 2.17 bits per heavy atom. The van der Waals surface area contributed by atoms with Crippen LogP contribution in [-0.2, 0) is 0 Å². The highest BCUT2D eigenvalue weighted by Gasteiger charge is 2.10. The molecule has 0 heterocycles. The van der Waals surface area contributed by atoms with Gasteiger partial charge in [-0.15, -0.1) is 0 Å². The molecule has 0 aliphatic carbocycles. The van der Waals surface area contributed by atoms with Gasteiger partial charge in [0.05, 0.1) is 9.95 Å². The highest BCUT2D eigenvalue weighted by Crippen LogP contribution is 2.27. The second kappa shape index (κ2) is 2.98. The van der Waals surface area contributed by atoms with Crippen LogP contribution in [0.2, 0.25) is 5.02 Å². The molecule has 64 valence electrons. The predicted octanol–water partition coefficient (Wildman–Crippen LogP) is 2.14. The van der Waals surface area contributed by atoms with E-state index in [2.05, 4.69) is 0 Å². The monoisotopic (exact) mass is 186 g/mol. The van der Waals surface area contributed by atoms with Crippen LogP contribution in [0.1, 0.15) is 5.56 Å². The molecule has 4 nitrogen and oxygen atoms in total. The molecule has 0 saturated heterocycles. The van der Waals surface area contributed by atoms with Gasteiger partial charge in [-0.05, 0) is 12.5 Å². The van der Waals surface area contributed by atoms with Gasteiger partial charge in [-0.2, -0.15) is 0 Å². The van der Waals surface area contributed by atoms with Gasteiger partial charge in [-0.1, -0.05) is 11.6 Å². The minimum Gasteiger partial charge on any atom is -0.398 e. The SMILES string of the molecule is Cc1c(N)cc([N+](=O)[O-])cc1Cl. The molecule has 0 amide bonds. The van der Waals surface area contributed by atoms with Gasteiger partial charge in [0.2, 0.25) is 0 Å². The van der Waals surface area contributed by atoms with Crippen LogP contribution in [0, 0.1) is 17.0 Å². The molecule has 0 aromatic heterocycles. The number of nitrogens with two attached hydrogens (primary N) is 1. The Kier molecular flexibility index (Phi) is 2.19. The summed E-state index contributed by atoms with van der Waals surface area (Å²) in [7, 11) is 0. The van der Waals surface area contributed by atoms with E-state index in [0.717, 1.165) is 0 Å². The number of anilines is 1. The van der Waals surface area contributed by atoms with Crippen LogP contribution in [0.15, 0.2) is 12.1 Å². The van der Waals surface area contributed by atoms with E-state index in [-0.39, 0.29) is 5.69 Å². The number of nitro benzene ring substituents is 1. The van der Waals surface area contributed by atoms with Crippen molar-refractivity contribution < 1.29 is 4.92 Å². The molecule has 12 heavy (non-hydrogen) atoms. The lowest BCUT2D eigenvalue weighted by molar-refractivity contribution is -0.384. The van der Waals surface area contributed by atoms with Gasteiger partial charge in [0, 0.05) is 17.8 Å². The molecule has 1 aromatic rings. The van der Waals surface area contributed by atoms with E-state index in [1.165, 1.54) is 12.1 Å². The lowest BCUT2D eigenvalue weighted by atomic mass is 10.2. The Balaban J connectivity index is 3.31. The van der Waals surface area contributed by atoms with E-state index in [1.54, 1.807) is 6.92 Å². The average molecular weight is 187 g/mol. The number of non-ortho nitro benzene ring substituents is 1. The Morgan fingerprint density at radius 3 is 2.58 bits per heavy atom. The predicted molar refractivity (Wildman–Crippen MR) is 47.3 cm³/mol. The van der Waals surface area contributed by atoms with Gasteiger partial charge in [0.1, 0.15) is 0 Å².